The number of hydrogen-bond donors (Lipinski definition) is 1. The lowest BCUT2D eigenvalue weighted by molar-refractivity contribution is -0.123. The number of fused-ring (bicyclic) bond motifs is 1. The van der Waals surface area contributed by atoms with E-state index >= 15 is 0 Å². The average molecular weight is 590 g/mol. The molecule has 4 aromatic rings. The van der Waals surface area contributed by atoms with Gasteiger partial charge in [-0.15, -0.1) is 0 Å². The lowest BCUT2D eigenvalue weighted by Crippen LogP contribution is -2.49. The van der Waals surface area contributed by atoms with Gasteiger partial charge in [0.15, 0.2) is 4.75 Å². The summed E-state index contributed by atoms with van der Waals surface area (Å²) in [5, 5.41) is 12.3. The third-order valence-electron chi connectivity index (χ3n) is 8.54. The molecule has 5 heteroatoms. The van der Waals surface area contributed by atoms with E-state index in [4.69, 9.17) is 9.73 Å². The van der Waals surface area contributed by atoms with Gasteiger partial charge in [-0.1, -0.05) is 144 Å². The van der Waals surface area contributed by atoms with Gasteiger partial charge in [-0.25, -0.2) is 4.99 Å². The normalized spacial score (nSPS) is 21.8. The molecular formula is C38H39NO3S. The van der Waals surface area contributed by atoms with E-state index in [9.17, 15) is 9.90 Å². The second-order valence-corrected chi connectivity index (χ2v) is 15.1. The molecule has 0 radical (unpaired) electrons. The molecule has 2 aliphatic rings. The minimum Gasteiger partial charge on any atom is -0.507 e. The molecule has 0 saturated heterocycles. The number of carbonyl (C=O) groups is 1. The molecule has 0 fully saturated rings. The molecule has 2 heterocycles. The minimum atomic E-state index is -1.12. The van der Waals surface area contributed by atoms with Gasteiger partial charge in [-0.2, -0.15) is 0 Å². The number of aromatic hydroxyl groups is 1. The first-order chi connectivity index (χ1) is 20.3. The Kier molecular flexibility index (Phi) is 7.08. The molecule has 220 valence electrons. The van der Waals surface area contributed by atoms with Crippen molar-refractivity contribution in [2.24, 2.45) is 4.99 Å². The number of nitrogens with zero attached hydrogens (tertiary/aromatic N) is 1. The van der Waals surface area contributed by atoms with Crippen molar-refractivity contribution < 1.29 is 14.6 Å². The van der Waals surface area contributed by atoms with Crippen LogP contribution >= 0.6 is 11.8 Å². The van der Waals surface area contributed by atoms with E-state index in [1.807, 2.05) is 54.6 Å². The van der Waals surface area contributed by atoms with Crippen molar-refractivity contribution in [1.82, 2.24) is 0 Å². The Bertz CT molecular complexity index is 1710. The highest BCUT2D eigenvalue weighted by Gasteiger charge is 2.62. The summed E-state index contributed by atoms with van der Waals surface area (Å²) in [5.41, 5.74) is 5.94. The third-order valence-corrected chi connectivity index (χ3v) is 10.0. The maximum Gasteiger partial charge on any atom is 0.268 e. The number of para-hydroxylation sites is 1. The topological polar surface area (TPSA) is 58.9 Å². The van der Waals surface area contributed by atoms with Gasteiger partial charge in [0.1, 0.15) is 22.6 Å². The van der Waals surface area contributed by atoms with Crippen LogP contribution in [0.1, 0.15) is 92.5 Å². The largest absolute Gasteiger partial charge is 0.507 e. The molecule has 0 bridgehead atoms. The highest BCUT2D eigenvalue weighted by Crippen LogP contribution is 2.61. The van der Waals surface area contributed by atoms with Crippen molar-refractivity contribution in [3.05, 3.63) is 130 Å². The van der Waals surface area contributed by atoms with Gasteiger partial charge in [-0.05, 0) is 46.1 Å². The van der Waals surface area contributed by atoms with Crippen molar-refractivity contribution in [2.75, 3.05) is 0 Å². The average Bonchev–Trinajstić information content (AvgIpc) is 3.29. The van der Waals surface area contributed by atoms with E-state index in [0.717, 1.165) is 44.7 Å². The Hall–Kier alpha value is -3.83. The van der Waals surface area contributed by atoms with E-state index in [1.54, 1.807) is 0 Å². The van der Waals surface area contributed by atoms with Crippen LogP contribution < -0.4 is 4.74 Å². The molecule has 4 nitrogen and oxygen atoms in total. The summed E-state index contributed by atoms with van der Waals surface area (Å²) in [6.45, 7) is 14.8. The fourth-order valence-corrected chi connectivity index (χ4v) is 7.93. The van der Waals surface area contributed by atoms with Crippen molar-refractivity contribution in [1.29, 1.82) is 0 Å². The Balaban J connectivity index is 1.68. The van der Waals surface area contributed by atoms with Gasteiger partial charge >= 0.3 is 0 Å². The molecule has 3 atom stereocenters. The number of ether oxygens (including phenoxy) is 1. The van der Waals surface area contributed by atoms with Gasteiger partial charge in [0, 0.05) is 17.0 Å². The Morgan fingerprint density at radius 3 is 2.05 bits per heavy atom. The molecule has 0 aliphatic carbocycles. The number of aryl methyl sites for hydroxylation is 1. The van der Waals surface area contributed by atoms with E-state index in [1.165, 1.54) is 11.8 Å². The molecule has 0 aromatic heterocycles. The zero-order chi connectivity index (χ0) is 30.7. The standard InChI is InChI=1S/C38H39NO3S/c1-23-14-13-17-25(20-23)33-38(35(41)39-34(43-38)24-15-9-8-10-16-24)31(27-18-11-12-19-30(27)42-33)26-21-28(36(2,3)4)32(40)29(22-26)37(5,6)7/h8-22,31,33,40H,1-7H3/t31-,33-,38-/m1/s1. The lowest BCUT2D eigenvalue weighted by atomic mass is 9.70. The van der Waals surface area contributed by atoms with Gasteiger partial charge in [0.05, 0.1) is 0 Å². The zero-order valence-electron chi connectivity index (χ0n) is 25.9. The number of phenols is 1. The molecule has 2 aliphatic heterocycles. The smallest absolute Gasteiger partial charge is 0.268 e. The summed E-state index contributed by atoms with van der Waals surface area (Å²) < 4.78 is 5.76. The monoisotopic (exact) mass is 589 g/mol. The summed E-state index contributed by atoms with van der Waals surface area (Å²) in [6, 6.07) is 30.5. The Labute approximate surface area is 259 Å². The van der Waals surface area contributed by atoms with Gasteiger partial charge < -0.3 is 9.84 Å². The van der Waals surface area contributed by atoms with Crippen LogP contribution in [0.25, 0.3) is 0 Å². The number of phenolic OH excluding ortho intramolecular Hbond substituents is 1. The Morgan fingerprint density at radius 1 is 0.791 bits per heavy atom. The second kappa shape index (κ2) is 10.4. The Morgan fingerprint density at radius 2 is 1.42 bits per heavy atom. The van der Waals surface area contributed by atoms with Gasteiger partial charge in [0.25, 0.3) is 5.91 Å². The van der Waals surface area contributed by atoms with E-state index in [-0.39, 0.29) is 16.7 Å². The summed E-state index contributed by atoms with van der Waals surface area (Å²) >= 11 is 1.51. The van der Waals surface area contributed by atoms with E-state index < -0.39 is 16.8 Å². The lowest BCUT2D eigenvalue weighted by Gasteiger charge is -2.46. The van der Waals surface area contributed by atoms with Gasteiger partial charge in [-0.3, -0.25) is 4.79 Å². The van der Waals surface area contributed by atoms with E-state index in [2.05, 4.69) is 84.9 Å². The number of benzene rings is 4. The molecular weight excluding hydrogens is 550 g/mol. The van der Waals surface area contributed by atoms with Crippen molar-refractivity contribution >= 4 is 22.7 Å². The molecule has 1 amide bonds. The van der Waals surface area contributed by atoms with Gasteiger partial charge in [0.2, 0.25) is 0 Å². The highest BCUT2D eigenvalue weighted by atomic mass is 32.2. The first-order valence-corrected chi connectivity index (χ1v) is 15.7. The van der Waals surface area contributed by atoms with Crippen LogP contribution in [0.2, 0.25) is 0 Å². The van der Waals surface area contributed by atoms with Crippen LogP contribution in [0, 0.1) is 6.92 Å². The quantitative estimate of drug-likeness (QED) is 0.259. The molecule has 1 N–H and O–H groups in total. The first-order valence-electron chi connectivity index (χ1n) is 14.9. The minimum absolute atomic E-state index is 0.204. The van der Waals surface area contributed by atoms with Crippen molar-refractivity contribution in [3.63, 3.8) is 0 Å². The molecule has 4 aromatic carbocycles. The maximum absolute atomic E-state index is 14.7. The summed E-state index contributed by atoms with van der Waals surface area (Å²) in [6.07, 6.45) is -0.597. The zero-order valence-corrected chi connectivity index (χ0v) is 26.8. The van der Waals surface area contributed by atoms with Crippen LogP contribution in [0.3, 0.4) is 0 Å². The predicted octanol–water partition coefficient (Wildman–Crippen LogP) is 9.02. The predicted molar refractivity (Wildman–Crippen MR) is 177 cm³/mol. The fraction of sp³-hybridized carbons (Fsp3) is 0.316. The highest BCUT2D eigenvalue weighted by molar-refractivity contribution is 8.16. The summed E-state index contributed by atoms with van der Waals surface area (Å²) in [4.78, 5) is 19.4. The molecule has 0 unspecified atom stereocenters. The SMILES string of the molecule is Cc1cccc([C@H]2Oc3ccccc3[C@@H](c3cc(C(C)(C)C)c(O)c(C(C)(C)C)c3)[C@@]23SC(c2ccccc2)=NC3=O)c1. The van der Waals surface area contributed by atoms with Crippen LogP contribution in [-0.4, -0.2) is 20.8 Å². The van der Waals surface area contributed by atoms with Crippen molar-refractivity contribution in [3.8, 4) is 11.5 Å². The summed E-state index contributed by atoms with van der Waals surface area (Å²) in [7, 11) is 0. The molecule has 43 heavy (non-hydrogen) atoms. The molecule has 6 rings (SSSR count). The number of carbonyl (C=O) groups excluding carboxylic acids is 1. The number of rotatable bonds is 3. The first kappa shape index (κ1) is 29.3. The van der Waals surface area contributed by atoms with E-state index in [0.29, 0.717) is 10.8 Å². The fourth-order valence-electron chi connectivity index (χ4n) is 6.42. The number of hydrogen-bond acceptors (Lipinski definition) is 4. The van der Waals surface area contributed by atoms with Crippen LogP contribution in [0.15, 0.2) is 96.0 Å². The van der Waals surface area contributed by atoms with Crippen LogP contribution in [0.5, 0.6) is 11.5 Å². The van der Waals surface area contributed by atoms with Crippen LogP contribution in [0.4, 0.5) is 0 Å². The number of aliphatic imine (C=N–C) groups is 1. The third kappa shape index (κ3) is 4.98. The molecule has 0 saturated carbocycles. The second-order valence-electron chi connectivity index (χ2n) is 13.8. The molecule has 1 spiro atoms. The number of amides is 1. The van der Waals surface area contributed by atoms with Crippen molar-refractivity contribution in [2.45, 2.75) is 76.1 Å². The summed E-state index contributed by atoms with van der Waals surface area (Å²) in [5.74, 6) is 0.479. The number of thioether (sulfide) groups is 1. The maximum atomic E-state index is 14.7. The van der Waals surface area contributed by atoms with Crippen LogP contribution in [-0.2, 0) is 15.6 Å².